The molecule has 0 bridgehead atoms. The molecule has 0 atom stereocenters. The Morgan fingerprint density at radius 1 is 1.04 bits per heavy atom. The van der Waals surface area contributed by atoms with Crippen molar-refractivity contribution < 1.29 is 9.18 Å². The molecular formula is C19H13FN4OS. The second-order valence-electron chi connectivity index (χ2n) is 5.48. The van der Waals surface area contributed by atoms with Crippen LogP contribution in [0, 0.1) is 5.82 Å². The molecule has 128 valence electrons. The molecule has 0 aliphatic rings. The molecule has 0 aliphatic heterocycles. The highest BCUT2D eigenvalue weighted by atomic mass is 32.1. The molecule has 4 rings (SSSR count). The molecule has 4 aromatic rings. The van der Waals surface area contributed by atoms with Crippen LogP contribution >= 0.6 is 11.3 Å². The fourth-order valence-electron chi connectivity index (χ4n) is 2.46. The lowest BCUT2D eigenvalue weighted by Crippen LogP contribution is -2.14. The molecule has 0 spiro atoms. The number of thiazole rings is 1. The lowest BCUT2D eigenvalue weighted by atomic mass is 10.2. The zero-order chi connectivity index (χ0) is 17.9. The first-order chi connectivity index (χ1) is 12.7. The van der Waals surface area contributed by atoms with Gasteiger partial charge < -0.3 is 5.32 Å². The number of nitrogens with zero attached hydrogens (tertiary/aromatic N) is 2. The van der Waals surface area contributed by atoms with Crippen LogP contribution in [0.15, 0.2) is 66.9 Å². The normalized spacial score (nSPS) is 10.7. The van der Waals surface area contributed by atoms with E-state index in [0.29, 0.717) is 26.7 Å². The average molecular weight is 364 g/mol. The molecule has 5 nitrogen and oxygen atoms in total. The molecule has 2 heterocycles. The smallest absolute Gasteiger partial charge is 0.261 e. The van der Waals surface area contributed by atoms with E-state index in [1.165, 1.54) is 23.5 Å². The van der Waals surface area contributed by atoms with Crippen LogP contribution in [0.2, 0.25) is 0 Å². The highest BCUT2D eigenvalue weighted by Gasteiger charge is 2.15. The van der Waals surface area contributed by atoms with E-state index < -0.39 is 0 Å². The van der Waals surface area contributed by atoms with Crippen molar-refractivity contribution in [2.75, 3.05) is 10.6 Å². The highest BCUT2D eigenvalue weighted by molar-refractivity contribution is 7.22. The van der Waals surface area contributed by atoms with Crippen molar-refractivity contribution in [3.63, 3.8) is 0 Å². The predicted molar refractivity (Wildman–Crippen MR) is 101 cm³/mol. The summed E-state index contributed by atoms with van der Waals surface area (Å²) in [5.41, 5.74) is 1.86. The van der Waals surface area contributed by atoms with Gasteiger partial charge in [0.1, 0.15) is 11.6 Å². The number of rotatable bonds is 4. The Morgan fingerprint density at radius 2 is 1.88 bits per heavy atom. The SMILES string of the molecule is O=C(Nc1nc2ccc(F)cc2s1)c1cccnc1Nc1ccccc1. The molecule has 0 unspecified atom stereocenters. The van der Waals surface area contributed by atoms with E-state index >= 15 is 0 Å². The van der Waals surface area contributed by atoms with Crippen LogP contribution in [-0.4, -0.2) is 15.9 Å². The molecule has 2 aromatic heterocycles. The second-order valence-corrected chi connectivity index (χ2v) is 6.51. The number of para-hydroxylation sites is 1. The van der Waals surface area contributed by atoms with Crippen molar-refractivity contribution in [3.8, 4) is 0 Å². The van der Waals surface area contributed by atoms with Crippen molar-refractivity contribution in [1.29, 1.82) is 0 Å². The third kappa shape index (κ3) is 3.38. The van der Waals surface area contributed by atoms with E-state index in [1.54, 1.807) is 24.4 Å². The van der Waals surface area contributed by atoms with Crippen molar-refractivity contribution in [1.82, 2.24) is 9.97 Å². The summed E-state index contributed by atoms with van der Waals surface area (Å²) in [6.45, 7) is 0. The summed E-state index contributed by atoms with van der Waals surface area (Å²) in [4.78, 5) is 21.2. The molecule has 0 radical (unpaired) electrons. The number of anilines is 3. The van der Waals surface area contributed by atoms with E-state index in [2.05, 4.69) is 20.6 Å². The van der Waals surface area contributed by atoms with E-state index in [0.717, 1.165) is 5.69 Å². The number of halogens is 1. The number of benzene rings is 2. The Bertz CT molecular complexity index is 1080. The zero-order valence-electron chi connectivity index (χ0n) is 13.4. The summed E-state index contributed by atoms with van der Waals surface area (Å²) < 4.78 is 14.0. The fraction of sp³-hybridized carbons (Fsp3) is 0. The lowest BCUT2D eigenvalue weighted by Gasteiger charge is -2.10. The first-order valence-corrected chi connectivity index (χ1v) is 8.65. The standard InChI is InChI=1S/C19H13FN4OS/c20-12-8-9-15-16(11-12)26-19(23-15)24-18(25)14-7-4-10-21-17(14)22-13-5-2-1-3-6-13/h1-11H,(H,21,22)(H,23,24,25). The first-order valence-electron chi connectivity index (χ1n) is 7.83. The van der Waals surface area contributed by atoms with Gasteiger partial charge >= 0.3 is 0 Å². The average Bonchev–Trinajstić information content (AvgIpc) is 3.04. The van der Waals surface area contributed by atoms with Crippen molar-refractivity contribution in [3.05, 3.63) is 78.2 Å². The molecule has 1 amide bonds. The molecule has 0 fully saturated rings. The minimum absolute atomic E-state index is 0.333. The summed E-state index contributed by atoms with van der Waals surface area (Å²) in [7, 11) is 0. The zero-order valence-corrected chi connectivity index (χ0v) is 14.3. The number of fused-ring (bicyclic) bond motifs is 1. The van der Waals surface area contributed by atoms with Gasteiger partial charge in [-0.25, -0.2) is 14.4 Å². The monoisotopic (exact) mass is 364 g/mol. The van der Waals surface area contributed by atoms with Gasteiger partial charge in [0.05, 0.1) is 15.8 Å². The predicted octanol–water partition coefficient (Wildman–Crippen LogP) is 4.83. The highest BCUT2D eigenvalue weighted by Crippen LogP contribution is 2.27. The van der Waals surface area contributed by atoms with E-state index in [1.807, 2.05) is 30.3 Å². The number of carbonyl (C=O) groups excluding carboxylic acids is 1. The maximum atomic E-state index is 13.3. The van der Waals surface area contributed by atoms with Gasteiger partial charge in [-0.1, -0.05) is 29.5 Å². The molecule has 0 saturated carbocycles. The Hall–Kier alpha value is -3.32. The topological polar surface area (TPSA) is 66.9 Å². The van der Waals surface area contributed by atoms with Gasteiger partial charge in [0.2, 0.25) is 0 Å². The van der Waals surface area contributed by atoms with E-state index in [4.69, 9.17) is 0 Å². The van der Waals surface area contributed by atoms with Crippen LogP contribution in [0.5, 0.6) is 0 Å². The molecular weight excluding hydrogens is 351 g/mol. The van der Waals surface area contributed by atoms with Crippen LogP contribution < -0.4 is 10.6 Å². The maximum absolute atomic E-state index is 13.3. The van der Waals surface area contributed by atoms with Crippen molar-refractivity contribution in [2.45, 2.75) is 0 Å². The minimum Gasteiger partial charge on any atom is -0.340 e. The van der Waals surface area contributed by atoms with E-state index in [-0.39, 0.29) is 11.7 Å². The first kappa shape index (κ1) is 16.2. The maximum Gasteiger partial charge on any atom is 0.261 e. The molecule has 26 heavy (non-hydrogen) atoms. The number of nitrogens with one attached hydrogen (secondary N) is 2. The third-order valence-electron chi connectivity index (χ3n) is 3.66. The van der Waals surface area contributed by atoms with Crippen LogP contribution in [0.3, 0.4) is 0 Å². The van der Waals surface area contributed by atoms with Gasteiger partial charge in [-0.15, -0.1) is 0 Å². The number of amides is 1. The van der Waals surface area contributed by atoms with Crippen molar-refractivity contribution in [2.24, 2.45) is 0 Å². The summed E-state index contributed by atoms with van der Waals surface area (Å²) in [6.07, 6.45) is 1.61. The fourth-order valence-corrected chi connectivity index (χ4v) is 3.35. The van der Waals surface area contributed by atoms with Gasteiger partial charge in [-0.2, -0.15) is 0 Å². The Labute approximate surface area is 152 Å². The molecule has 0 aliphatic carbocycles. The van der Waals surface area contributed by atoms with Crippen LogP contribution in [0.25, 0.3) is 10.2 Å². The van der Waals surface area contributed by atoms with Gasteiger partial charge in [0, 0.05) is 11.9 Å². The number of hydrogen-bond acceptors (Lipinski definition) is 5. The van der Waals surface area contributed by atoms with Crippen LogP contribution in [0.4, 0.5) is 21.0 Å². The molecule has 0 saturated heterocycles. The number of aromatic nitrogens is 2. The summed E-state index contributed by atoms with van der Waals surface area (Å²) in [5, 5.41) is 6.30. The number of pyridine rings is 1. The molecule has 7 heteroatoms. The van der Waals surface area contributed by atoms with Gasteiger partial charge in [0.15, 0.2) is 5.13 Å². The quantitative estimate of drug-likeness (QED) is 0.544. The summed E-state index contributed by atoms with van der Waals surface area (Å²) in [5.74, 6) is -0.222. The van der Waals surface area contributed by atoms with Gasteiger partial charge in [-0.3, -0.25) is 10.1 Å². The van der Waals surface area contributed by atoms with Gasteiger partial charge in [-0.05, 0) is 42.5 Å². The summed E-state index contributed by atoms with van der Waals surface area (Å²) in [6, 6.07) is 17.2. The van der Waals surface area contributed by atoms with E-state index in [9.17, 15) is 9.18 Å². The van der Waals surface area contributed by atoms with Crippen LogP contribution in [0.1, 0.15) is 10.4 Å². The Morgan fingerprint density at radius 3 is 2.73 bits per heavy atom. The number of carbonyl (C=O) groups is 1. The second kappa shape index (κ2) is 6.89. The largest absolute Gasteiger partial charge is 0.340 e. The van der Waals surface area contributed by atoms with Crippen molar-refractivity contribution >= 4 is 44.1 Å². The molecule has 2 N–H and O–H groups in total. The number of hydrogen-bond donors (Lipinski definition) is 2. The Balaban J connectivity index is 1.59. The Kier molecular flexibility index (Phi) is 4.28. The third-order valence-corrected chi connectivity index (χ3v) is 4.59. The summed E-state index contributed by atoms with van der Waals surface area (Å²) >= 11 is 1.22. The van der Waals surface area contributed by atoms with Gasteiger partial charge in [0.25, 0.3) is 5.91 Å². The lowest BCUT2D eigenvalue weighted by molar-refractivity contribution is 0.102. The minimum atomic E-state index is -0.337. The van der Waals surface area contributed by atoms with Crippen LogP contribution in [-0.2, 0) is 0 Å². The molecule has 2 aromatic carbocycles.